The first-order valence-corrected chi connectivity index (χ1v) is 6.50. The van der Waals surface area contributed by atoms with E-state index < -0.39 is 0 Å². The first kappa shape index (κ1) is 12.6. The summed E-state index contributed by atoms with van der Waals surface area (Å²) in [6, 6.07) is 7.41. The molecule has 0 spiro atoms. The Balaban J connectivity index is 2.22. The van der Waals surface area contributed by atoms with Gasteiger partial charge in [0.2, 0.25) is 0 Å². The van der Waals surface area contributed by atoms with Crippen molar-refractivity contribution < 1.29 is 4.79 Å². The fourth-order valence-corrected chi connectivity index (χ4v) is 2.49. The topological polar surface area (TPSA) is 59.2 Å². The van der Waals surface area contributed by atoms with E-state index in [0.717, 1.165) is 4.88 Å². The van der Waals surface area contributed by atoms with Crippen LogP contribution in [0.4, 0.5) is 5.69 Å². The summed E-state index contributed by atoms with van der Waals surface area (Å²) in [4.78, 5) is 19.1. The van der Waals surface area contributed by atoms with Crippen LogP contribution in [0.2, 0.25) is 0 Å². The van der Waals surface area contributed by atoms with Crippen LogP contribution in [0.1, 0.15) is 28.3 Å². The molecule has 0 saturated heterocycles. The number of amides is 1. The van der Waals surface area contributed by atoms with E-state index in [9.17, 15) is 4.79 Å². The van der Waals surface area contributed by atoms with E-state index in [1.54, 1.807) is 41.6 Å². The normalized spacial score (nSPS) is 12.1. The van der Waals surface area contributed by atoms with Crippen LogP contribution in [0, 0.1) is 0 Å². The molecule has 2 N–H and O–H groups in total. The number of hydrogen-bond donors (Lipinski definition) is 1. The predicted octanol–water partition coefficient (Wildman–Crippen LogP) is 2.56. The molecule has 0 aliphatic rings. The van der Waals surface area contributed by atoms with Gasteiger partial charge in [0.1, 0.15) is 0 Å². The van der Waals surface area contributed by atoms with Gasteiger partial charge >= 0.3 is 0 Å². The molecule has 0 aromatic carbocycles. The molecule has 0 aliphatic carbocycles. The second-order valence-electron chi connectivity index (χ2n) is 4.05. The Labute approximate surface area is 110 Å². The van der Waals surface area contributed by atoms with Crippen LogP contribution < -0.4 is 5.73 Å². The Morgan fingerprint density at radius 1 is 1.44 bits per heavy atom. The number of carbonyl (C=O) groups excluding carboxylic acids is 1. The maximum absolute atomic E-state index is 12.3. The molecule has 18 heavy (non-hydrogen) atoms. The minimum Gasteiger partial charge on any atom is -0.397 e. The lowest BCUT2D eigenvalue weighted by atomic mass is 10.2. The number of carbonyl (C=O) groups is 1. The molecule has 94 valence electrons. The molecule has 0 saturated carbocycles. The molecule has 5 heteroatoms. The zero-order valence-electron chi connectivity index (χ0n) is 10.3. The molecule has 0 radical (unpaired) electrons. The summed E-state index contributed by atoms with van der Waals surface area (Å²) in [6.07, 6.45) is 1.58. The van der Waals surface area contributed by atoms with Crippen LogP contribution >= 0.6 is 11.3 Å². The highest BCUT2D eigenvalue weighted by Gasteiger charge is 2.21. The van der Waals surface area contributed by atoms with Gasteiger partial charge in [0.05, 0.1) is 11.7 Å². The molecule has 1 amide bonds. The van der Waals surface area contributed by atoms with Crippen LogP contribution in [0.5, 0.6) is 0 Å². The Morgan fingerprint density at radius 3 is 2.83 bits per heavy atom. The van der Waals surface area contributed by atoms with Crippen LogP contribution in [0.15, 0.2) is 35.8 Å². The summed E-state index contributed by atoms with van der Waals surface area (Å²) in [6.45, 7) is 1.99. The second-order valence-corrected chi connectivity index (χ2v) is 5.03. The minimum absolute atomic E-state index is 0.0129. The molecule has 0 bridgehead atoms. The quantitative estimate of drug-likeness (QED) is 0.923. The zero-order valence-corrected chi connectivity index (χ0v) is 11.1. The smallest absolute Gasteiger partial charge is 0.274 e. The maximum Gasteiger partial charge on any atom is 0.274 e. The number of hydrogen-bond acceptors (Lipinski definition) is 4. The van der Waals surface area contributed by atoms with Crippen LogP contribution in [-0.2, 0) is 0 Å². The number of aromatic nitrogens is 1. The van der Waals surface area contributed by atoms with Gasteiger partial charge in [0.25, 0.3) is 5.91 Å². The lowest BCUT2D eigenvalue weighted by molar-refractivity contribution is 0.0740. The van der Waals surface area contributed by atoms with Gasteiger partial charge in [0, 0.05) is 18.1 Å². The molecule has 0 fully saturated rings. The van der Waals surface area contributed by atoms with Crippen LogP contribution in [0.3, 0.4) is 0 Å². The lowest BCUT2D eigenvalue weighted by Gasteiger charge is -2.24. The first-order chi connectivity index (χ1) is 8.61. The van der Waals surface area contributed by atoms with Crippen molar-refractivity contribution in [1.29, 1.82) is 0 Å². The van der Waals surface area contributed by atoms with Gasteiger partial charge in [-0.15, -0.1) is 11.3 Å². The molecule has 2 aromatic rings. The molecule has 4 nitrogen and oxygen atoms in total. The van der Waals surface area contributed by atoms with Crippen molar-refractivity contribution in [2.75, 3.05) is 12.8 Å². The Morgan fingerprint density at radius 2 is 2.22 bits per heavy atom. The number of nitrogens with two attached hydrogens (primary N) is 1. The van der Waals surface area contributed by atoms with E-state index in [1.807, 2.05) is 24.4 Å². The molecule has 1 unspecified atom stereocenters. The van der Waals surface area contributed by atoms with Crippen molar-refractivity contribution in [3.05, 3.63) is 46.4 Å². The monoisotopic (exact) mass is 261 g/mol. The van der Waals surface area contributed by atoms with Crippen LogP contribution in [-0.4, -0.2) is 22.8 Å². The van der Waals surface area contributed by atoms with Crippen molar-refractivity contribution in [2.45, 2.75) is 13.0 Å². The summed E-state index contributed by atoms with van der Waals surface area (Å²) in [5.41, 5.74) is 6.49. The largest absolute Gasteiger partial charge is 0.397 e. The Kier molecular flexibility index (Phi) is 3.62. The summed E-state index contributed by atoms with van der Waals surface area (Å²) in [5.74, 6) is -0.158. The summed E-state index contributed by atoms with van der Waals surface area (Å²) in [5, 5.41) is 2.00. The van der Waals surface area contributed by atoms with E-state index in [1.165, 1.54) is 0 Å². The molecular formula is C13H15N3OS. The average molecular weight is 261 g/mol. The lowest BCUT2D eigenvalue weighted by Crippen LogP contribution is -2.30. The highest BCUT2D eigenvalue weighted by atomic mass is 32.1. The van der Waals surface area contributed by atoms with Gasteiger partial charge in [-0.3, -0.25) is 4.79 Å². The number of anilines is 1. The highest BCUT2D eigenvalue weighted by Crippen LogP contribution is 2.25. The van der Waals surface area contributed by atoms with Crippen molar-refractivity contribution in [3.63, 3.8) is 0 Å². The Bertz CT molecular complexity index is 539. The third-order valence-corrected chi connectivity index (χ3v) is 3.94. The van der Waals surface area contributed by atoms with E-state index in [2.05, 4.69) is 4.98 Å². The summed E-state index contributed by atoms with van der Waals surface area (Å²) >= 11 is 1.63. The van der Waals surface area contributed by atoms with Gasteiger partial charge in [-0.1, -0.05) is 6.07 Å². The SMILES string of the molecule is CC(c1cccs1)N(C)C(=O)c1ncccc1N. The maximum atomic E-state index is 12.3. The molecule has 1 atom stereocenters. The van der Waals surface area contributed by atoms with Crippen molar-refractivity contribution in [2.24, 2.45) is 0 Å². The van der Waals surface area contributed by atoms with E-state index >= 15 is 0 Å². The van der Waals surface area contributed by atoms with E-state index in [0.29, 0.717) is 11.4 Å². The minimum atomic E-state index is -0.158. The molecule has 0 aliphatic heterocycles. The third-order valence-electron chi connectivity index (χ3n) is 2.90. The fraction of sp³-hybridized carbons (Fsp3) is 0.231. The number of pyridine rings is 1. The first-order valence-electron chi connectivity index (χ1n) is 5.62. The van der Waals surface area contributed by atoms with Gasteiger partial charge < -0.3 is 10.6 Å². The van der Waals surface area contributed by atoms with Gasteiger partial charge in [-0.2, -0.15) is 0 Å². The second kappa shape index (κ2) is 5.18. The standard InChI is InChI=1S/C13H15N3OS/c1-9(11-6-4-8-18-11)16(2)13(17)12-10(14)5-3-7-15-12/h3-9H,14H2,1-2H3. The molecular weight excluding hydrogens is 246 g/mol. The van der Waals surface area contributed by atoms with Gasteiger partial charge in [0.15, 0.2) is 5.69 Å². The van der Waals surface area contributed by atoms with E-state index in [-0.39, 0.29) is 11.9 Å². The van der Waals surface area contributed by atoms with Gasteiger partial charge in [-0.05, 0) is 30.5 Å². The number of nitrogens with zero attached hydrogens (tertiary/aromatic N) is 2. The predicted molar refractivity (Wildman–Crippen MR) is 73.5 cm³/mol. The van der Waals surface area contributed by atoms with Gasteiger partial charge in [-0.25, -0.2) is 4.98 Å². The molecule has 2 aromatic heterocycles. The summed E-state index contributed by atoms with van der Waals surface area (Å²) in [7, 11) is 1.76. The highest BCUT2D eigenvalue weighted by molar-refractivity contribution is 7.10. The number of rotatable bonds is 3. The number of thiophene rings is 1. The van der Waals surface area contributed by atoms with E-state index in [4.69, 9.17) is 5.73 Å². The fourth-order valence-electron chi connectivity index (χ4n) is 1.66. The molecule has 2 heterocycles. The average Bonchev–Trinajstić information content (AvgIpc) is 2.90. The number of nitrogen functional groups attached to an aromatic ring is 1. The van der Waals surface area contributed by atoms with Crippen molar-refractivity contribution in [1.82, 2.24) is 9.88 Å². The summed E-state index contributed by atoms with van der Waals surface area (Å²) < 4.78 is 0. The van der Waals surface area contributed by atoms with Crippen molar-refractivity contribution >= 4 is 22.9 Å². The van der Waals surface area contributed by atoms with Crippen molar-refractivity contribution in [3.8, 4) is 0 Å². The van der Waals surface area contributed by atoms with Crippen LogP contribution in [0.25, 0.3) is 0 Å². The zero-order chi connectivity index (χ0) is 13.1. The Hall–Kier alpha value is -1.88. The third kappa shape index (κ3) is 2.36. The molecule has 2 rings (SSSR count).